The zero-order valence-corrected chi connectivity index (χ0v) is 29.6. The van der Waals surface area contributed by atoms with Crippen molar-refractivity contribution in [1.29, 1.82) is 0 Å². The van der Waals surface area contributed by atoms with Gasteiger partial charge in [0.15, 0.2) is 19.8 Å². The maximum absolute atomic E-state index is 13.8. The van der Waals surface area contributed by atoms with Gasteiger partial charge in [-0.15, -0.1) is 0 Å². The number of anilines is 1. The highest BCUT2D eigenvalue weighted by atomic mass is 32.2. The quantitative estimate of drug-likeness (QED) is 0.107. The molecule has 3 rings (SSSR count). The summed E-state index contributed by atoms with van der Waals surface area (Å²) >= 11 is 0. The first-order valence-corrected chi connectivity index (χ1v) is 18.8. The molecule has 2 aromatic carbocycles. The van der Waals surface area contributed by atoms with Crippen molar-refractivity contribution in [1.82, 2.24) is 4.90 Å². The third-order valence-electron chi connectivity index (χ3n) is 8.87. The van der Waals surface area contributed by atoms with E-state index in [9.17, 15) is 28.4 Å². The van der Waals surface area contributed by atoms with Crippen molar-refractivity contribution in [2.45, 2.75) is 81.8 Å². The Labute approximate surface area is 271 Å². The molecule has 1 heterocycles. The van der Waals surface area contributed by atoms with E-state index in [4.69, 9.17) is 23.4 Å². The van der Waals surface area contributed by atoms with Gasteiger partial charge in [0.1, 0.15) is 5.75 Å². The molecule has 0 aliphatic carbocycles. The van der Waals surface area contributed by atoms with Crippen LogP contribution >= 0.6 is 0 Å². The lowest BCUT2D eigenvalue weighted by Gasteiger charge is -2.38. The van der Waals surface area contributed by atoms with Crippen molar-refractivity contribution in [3.8, 4) is 17.2 Å². The van der Waals surface area contributed by atoms with Crippen LogP contribution in [0.4, 0.5) is 16.2 Å². The van der Waals surface area contributed by atoms with Gasteiger partial charge in [-0.2, -0.15) is 0 Å². The Balaban J connectivity index is 2.28. The molecule has 3 atom stereocenters. The molecule has 0 saturated carbocycles. The van der Waals surface area contributed by atoms with E-state index < -0.39 is 47.5 Å². The topological polar surface area (TPSA) is 176 Å². The summed E-state index contributed by atoms with van der Waals surface area (Å²) in [6.07, 6.45) is -1.30. The van der Waals surface area contributed by atoms with Crippen LogP contribution in [0.5, 0.6) is 17.2 Å². The Bertz CT molecular complexity index is 1520. The summed E-state index contributed by atoms with van der Waals surface area (Å²) < 4.78 is 59.5. The van der Waals surface area contributed by atoms with Crippen molar-refractivity contribution >= 4 is 35.8 Å². The number of hydrogen-bond donors (Lipinski definition) is 2. The number of ether oxygens (including phenoxy) is 4. The van der Waals surface area contributed by atoms with Crippen molar-refractivity contribution in [3.05, 3.63) is 45.5 Å². The molecule has 16 heteroatoms. The molecule has 2 aromatic rings. The van der Waals surface area contributed by atoms with Gasteiger partial charge in [-0.3, -0.25) is 19.7 Å². The fraction of sp³-hybridized carbons (Fsp3) is 0.567. The highest BCUT2D eigenvalue weighted by Crippen LogP contribution is 2.50. The summed E-state index contributed by atoms with van der Waals surface area (Å²) in [7, 11) is -1.23. The van der Waals surface area contributed by atoms with Crippen LogP contribution in [0, 0.1) is 17.0 Å². The van der Waals surface area contributed by atoms with Gasteiger partial charge >= 0.3 is 6.09 Å². The summed E-state index contributed by atoms with van der Waals surface area (Å²) in [4.78, 5) is 24.5. The van der Waals surface area contributed by atoms with Crippen LogP contribution in [0.2, 0.25) is 17.6 Å². The second-order valence-electron chi connectivity index (χ2n) is 11.3. The lowest BCUT2D eigenvalue weighted by atomic mass is 9.98. The van der Waals surface area contributed by atoms with Gasteiger partial charge in [-0.25, -0.2) is 13.2 Å². The number of hydrogen-bond acceptors (Lipinski definition) is 11. The fourth-order valence-electron chi connectivity index (χ4n) is 6.20. The number of rotatable bonds is 16. The minimum absolute atomic E-state index is 0.0322. The molecular weight excluding hydrogens is 638 g/mol. The number of nitro groups is 1. The number of benzene rings is 2. The SMILES string of the molecule is CC[Si](CC)(OC(Cc1c(NS(=O)(=O)c2ccc([N+](=O)[O-])cc2)c(OC)c(C)c(OC)c1OC)[C@@H]1[C@H](CO)N1C(=O)OC)C(C)C. The number of non-ortho nitro benzene ring substituents is 1. The van der Waals surface area contributed by atoms with Crippen LogP contribution in [-0.4, -0.2) is 91.0 Å². The average Bonchev–Trinajstić information content (AvgIpc) is 3.77. The summed E-state index contributed by atoms with van der Waals surface area (Å²) in [5, 5.41) is 21.4. The molecule has 1 unspecified atom stereocenters. The van der Waals surface area contributed by atoms with Gasteiger partial charge in [0.05, 0.1) is 68.7 Å². The van der Waals surface area contributed by atoms with E-state index in [1.165, 1.54) is 33.3 Å². The summed E-state index contributed by atoms with van der Waals surface area (Å²) in [5.41, 5.74) is 0.784. The smallest absolute Gasteiger partial charge is 0.410 e. The van der Waals surface area contributed by atoms with E-state index in [0.717, 1.165) is 36.4 Å². The van der Waals surface area contributed by atoms with Crippen LogP contribution in [0.15, 0.2) is 29.2 Å². The molecule has 0 spiro atoms. The highest BCUT2D eigenvalue weighted by Gasteiger charge is 2.57. The van der Waals surface area contributed by atoms with E-state index in [1.54, 1.807) is 6.92 Å². The first-order chi connectivity index (χ1) is 21.7. The molecule has 1 aliphatic heterocycles. The number of carbonyl (C=O) groups excluding carboxylic acids is 1. The second-order valence-corrected chi connectivity index (χ2v) is 18.0. The number of methoxy groups -OCH3 is 4. The minimum atomic E-state index is -4.32. The summed E-state index contributed by atoms with van der Waals surface area (Å²) in [6.45, 7) is 9.72. The van der Waals surface area contributed by atoms with Gasteiger partial charge < -0.3 is 28.5 Å². The lowest BCUT2D eigenvalue weighted by Crippen LogP contribution is -2.46. The first-order valence-electron chi connectivity index (χ1n) is 15.0. The number of amides is 1. The number of carbonyl (C=O) groups is 1. The Morgan fingerprint density at radius 1 is 1.04 bits per heavy atom. The van der Waals surface area contributed by atoms with Crippen molar-refractivity contribution in [2.75, 3.05) is 39.8 Å². The Morgan fingerprint density at radius 3 is 2.04 bits per heavy atom. The van der Waals surface area contributed by atoms with Gasteiger partial charge in [0.25, 0.3) is 15.7 Å². The molecule has 0 radical (unpaired) electrons. The van der Waals surface area contributed by atoms with Crippen LogP contribution in [0.1, 0.15) is 38.8 Å². The predicted molar refractivity (Wildman–Crippen MR) is 174 cm³/mol. The minimum Gasteiger partial charge on any atom is -0.494 e. The van der Waals surface area contributed by atoms with Crippen LogP contribution < -0.4 is 18.9 Å². The van der Waals surface area contributed by atoms with E-state index in [0.29, 0.717) is 16.9 Å². The molecule has 256 valence electrons. The molecule has 1 amide bonds. The predicted octanol–water partition coefficient (Wildman–Crippen LogP) is 4.86. The number of nitro benzene ring substituents is 1. The normalized spacial score (nSPS) is 17.0. The zero-order valence-electron chi connectivity index (χ0n) is 27.8. The molecule has 2 N–H and O–H groups in total. The van der Waals surface area contributed by atoms with E-state index in [-0.39, 0.29) is 46.3 Å². The number of sulfonamides is 1. The molecule has 1 saturated heterocycles. The van der Waals surface area contributed by atoms with Crippen LogP contribution in [0.3, 0.4) is 0 Å². The number of aliphatic hydroxyl groups excluding tert-OH is 1. The monoisotopic (exact) mass is 683 g/mol. The van der Waals surface area contributed by atoms with Gasteiger partial charge in [-0.1, -0.05) is 27.7 Å². The van der Waals surface area contributed by atoms with E-state index >= 15 is 0 Å². The Kier molecular flexibility index (Phi) is 11.9. The summed E-state index contributed by atoms with van der Waals surface area (Å²) in [6, 6.07) is 4.89. The van der Waals surface area contributed by atoms with Crippen molar-refractivity contribution in [2.24, 2.45) is 0 Å². The van der Waals surface area contributed by atoms with Crippen LogP contribution in [-0.2, 0) is 25.6 Å². The Morgan fingerprint density at radius 2 is 1.61 bits per heavy atom. The zero-order chi connectivity index (χ0) is 34.6. The third-order valence-corrected chi connectivity index (χ3v) is 15.5. The Hall–Kier alpha value is -3.60. The standard InChI is InChI=1S/C30H45N3O11SSi/c1-10-46(11-2,18(3)4)44-24(26-23(17-34)32(26)30(35)43-9)16-22-25(27(40-6)19(5)28(41-7)29(22)42-8)31-45(38,39)21-14-12-20(13-15-21)33(36)37/h12-15,18,23-24,26,31,34H,10-11,16-17H2,1-9H3/t23-,24?,26-,32?/m0/s1. The number of aliphatic hydroxyl groups is 1. The maximum Gasteiger partial charge on any atom is 0.410 e. The van der Waals surface area contributed by atoms with Gasteiger partial charge in [0.2, 0.25) is 0 Å². The maximum atomic E-state index is 13.8. The molecule has 0 bridgehead atoms. The molecule has 14 nitrogen and oxygen atoms in total. The molecular formula is C30H45N3O11SSi. The molecule has 0 aromatic heterocycles. The first kappa shape index (κ1) is 36.9. The van der Waals surface area contributed by atoms with Crippen molar-refractivity contribution in [3.63, 3.8) is 0 Å². The van der Waals surface area contributed by atoms with E-state index in [1.807, 2.05) is 0 Å². The summed E-state index contributed by atoms with van der Waals surface area (Å²) in [5.74, 6) is 0.699. The van der Waals surface area contributed by atoms with Gasteiger partial charge in [0, 0.05) is 29.7 Å². The van der Waals surface area contributed by atoms with Crippen LogP contribution in [0.25, 0.3) is 0 Å². The molecule has 1 fully saturated rings. The second kappa shape index (κ2) is 14.9. The number of nitrogens with one attached hydrogen (secondary N) is 1. The molecule has 1 aliphatic rings. The van der Waals surface area contributed by atoms with E-state index in [2.05, 4.69) is 32.4 Å². The average molecular weight is 684 g/mol. The largest absolute Gasteiger partial charge is 0.494 e. The van der Waals surface area contributed by atoms with Crippen molar-refractivity contribution < 1.29 is 46.6 Å². The van der Waals surface area contributed by atoms with Gasteiger partial charge in [-0.05, 0) is 36.7 Å². The third kappa shape index (κ3) is 7.04. The lowest BCUT2D eigenvalue weighted by molar-refractivity contribution is -0.384. The fourth-order valence-corrected chi connectivity index (χ4v) is 10.9. The number of nitrogens with zero attached hydrogens (tertiary/aromatic N) is 2. The molecule has 46 heavy (non-hydrogen) atoms. The highest BCUT2D eigenvalue weighted by molar-refractivity contribution is 7.92.